The Balaban J connectivity index is 1.88. The Bertz CT molecular complexity index is 562. The van der Waals surface area contributed by atoms with Crippen molar-refractivity contribution in [3.05, 3.63) is 30.3 Å². The van der Waals surface area contributed by atoms with Crippen LogP contribution >= 0.6 is 0 Å². The van der Waals surface area contributed by atoms with Gasteiger partial charge in [0.1, 0.15) is 5.82 Å². The molecule has 1 aliphatic rings. The molecule has 1 aromatic heterocycles. The van der Waals surface area contributed by atoms with Crippen molar-refractivity contribution in [1.29, 1.82) is 0 Å². The predicted molar refractivity (Wildman–Crippen MR) is 73.8 cm³/mol. The van der Waals surface area contributed by atoms with Gasteiger partial charge in [0, 0.05) is 30.9 Å². The van der Waals surface area contributed by atoms with Crippen LogP contribution in [0, 0.1) is 0 Å². The zero-order valence-corrected chi connectivity index (χ0v) is 10.2. The SMILES string of the molecule is Cn1nc(-c2ccc(N3C=NCC3)cc2)cc1N. The molecule has 92 valence electrons. The quantitative estimate of drug-likeness (QED) is 0.867. The first-order valence-corrected chi connectivity index (χ1v) is 5.90. The fraction of sp³-hybridized carbons (Fsp3) is 0.231. The lowest BCUT2D eigenvalue weighted by Gasteiger charge is -2.13. The summed E-state index contributed by atoms with van der Waals surface area (Å²) in [5, 5.41) is 4.36. The molecule has 0 saturated heterocycles. The molecule has 5 heteroatoms. The Morgan fingerprint density at radius 2 is 2.00 bits per heavy atom. The van der Waals surface area contributed by atoms with Crippen molar-refractivity contribution >= 4 is 17.8 Å². The second-order valence-electron chi connectivity index (χ2n) is 4.34. The lowest BCUT2D eigenvalue weighted by atomic mass is 10.1. The average molecular weight is 241 g/mol. The van der Waals surface area contributed by atoms with Gasteiger partial charge in [-0.1, -0.05) is 12.1 Å². The molecule has 0 fully saturated rings. The summed E-state index contributed by atoms with van der Waals surface area (Å²) in [6, 6.07) is 10.2. The van der Waals surface area contributed by atoms with Crippen LogP contribution < -0.4 is 10.6 Å². The molecule has 18 heavy (non-hydrogen) atoms. The molecule has 0 unspecified atom stereocenters. The van der Waals surface area contributed by atoms with Crippen LogP contribution in [0.5, 0.6) is 0 Å². The van der Waals surface area contributed by atoms with E-state index in [0.717, 1.165) is 30.0 Å². The fourth-order valence-corrected chi connectivity index (χ4v) is 2.02. The number of nitrogens with zero attached hydrogens (tertiary/aromatic N) is 4. The molecule has 1 aromatic carbocycles. The van der Waals surface area contributed by atoms with Gasteiger partial charge < -0.3 is 10.6 Å². The molecule has 5 nitrogen and oxygen atoms in total. The number of hydrogen-bond acceptors (Lipinski definition) is 4. The summed E-state index contributed by atoms with van der Waals surface area (Å²) >= 11 is 0. The van der Waals surface area contributed by atoms with Crippen LogP contribution in [0.2, 0.25) is 0 Å². The van der Waals surface area contributed by atoms with Gasteiger partial charge in [0.25, 0.3) is 0 Å². The van der Waals surface area contributed by atoms with E-state index in [1.54, 1.807) is 4.68 Å². The standard InChI is InChI=1S/C13H15N5/c1-17-13(14)8-12(16-17)10-2-4-11(5-3-10)18-7-6-15-9-18/h2-5,8-9H,6-7,14H2,1H3. The van der Waals surface area contributed by atoms with Crippen molar-refractivity contribution in [2.75, 3.05) is 23.7 Å². The maximum atomic E-state index is 5.78. The van der Waals surface area contributed by atoms with Crippen molar-refractivity contribution in [2.45, 2.75) is 0 Å². The van der Waals surface area contributed by atoms with Gasteiger partial charge in [0.05, 0.1) is 18.6 Å². The van der Waals surface area contributed by atoms with Crippen LogP contribution in [0.1, 0.15) is 0 Å². The summed E-state index contributed by atoms with van der Waals surface area (Å²) < 4.78 is 1.68. The van der Waals surface area contributed by atoms with Gasteiger partial charge in [0.2, 0.25) is 0 Å². The second-order valence-corrected chi connectivity index (χ2v) is 4.34. The van der Waals surface area contributed by atoms with E-state index in [-0.39, 0.29) is 0 Å². The van der Waals surface area contributed by atoms with E-state index in [4.69, 9.17) is 5.73 Å². The first-order valence-electron chi connectivity index (χ1n) is 5.90. The van der Waals surface area contributed by atoms with Crippen LogP contribution in [0.4, 0.5) is 11.5 Å². The zero-order chi connectivity index (χ0) is 12.5. The van der Waals surface area contributed by atoms with Crippen LogP contribution in [-0.4, -0.2) is 29.2 Å². The predicted octanol–water partition coefficient (Wildman–Crippen LogP) is 1.52. The number of aromatic nitrogens is 2. The highest BCUT2D eigenvalue weighted by Crippen LogP contribution is 2.23. The Kier molecular flexibility index (Phi) is 2.51. The van der Waals surface area contributed by atoms with Crippen molar-refractivity contribution in [1.82, 2.24) is 9.78 Å². The third kappa shape index (κ3) is 1.84. The van der Waals surface area contributed by atoms with Crippen LogP contribution in [-0.2, 0) is 7.05 Å². The van der Waals surface area contributed by atoms with E-state index >= 15 is 0 Å². The number of anilines is 2. The van der Waals surface area contributed by atoms with Gasteiger partial charge in [-0.15, -0.1) is 0 Å². The molecular weight excluding hydrogens is 226 g/mol. The van der Waals surface area contributed by atoms with E-state index in [2.05, 4.69) is 39.3 Å². The van der Waals surface area contributed by atoms with Crippen molar-refractivity contribution in [3.8, 4) is 11.3 Å². The largest absolute Gasteiger partial charge is 0.384 e. The van der Waals surface area contributed by atoms with Crippen LogP contribution in [0.15, 0.2) is 35.3 Å². The van der Waals surface area contributed by atoms with Crippen LogP contribution in [0.3, 0.4) is 0 Å². The maximum Gasteiger partial charge on any atom is 0.121 e. The molecule has 2 aromatic rings. The number of aliphatic imine (C=N–C) groups is 1. The maximum absolute atomic E-state index is 5.78. The molecule has 2 heterocycles. The Hall–Kier alpha value is -2.30. The van der Waals surface area contributed by atoms with Gasteiger partial charge in [0.15, 0.2) is 0 Å². The summed E-state index contributed by atoms with van der Waals surface area (Å²) in [5.74, 6) is 0.667. The van der Waals surface area contributed by atoms with Gasteiger partial charge in [-0.2, -0.15) is 5.10 Å². The number of nitrogen functional groups attached to an aromatic ring is 1. The van der Waals surface area contributed by atoms with Crippen molar-refractivity contribution < 1.29 is 0 Å². The third-order valence-corrected chi connectivity index (χ3v) is 3.10. The Labute approximate surface area is 106 Å². The number of rotatable bonds is 2. The van der Waals surface area contributed by atoms with Crippen molar-refractivity contribution in [2.24, 2.45) is 12.0 Å². The summed E-state index contributed by atoms with van der Waals surface area (Å²) in [6.45, 7) is 1.83. The molecule has 3 rings (SSSR count). The Morgan fingerprint density at radius 1 is 1.22 bits per heavy atom. The summed E-state index contributed by atoms with van der Waals surface area (Å²) in [7, 11) is 1.84. The molecule has 1 aliphatic heterocycles. The molecule has 0 aliphatic carbocycles. The van der Waals surface area contributed by atoms with Gasteiger partial charge in [-0.3, -0.25) is 9.67 Å². The highest BCUT2D eigenvalue weighted by Gasteiger charge is 2.09. The number of aryl methyl sites for hydroxylation is 1. The van der Waals surface area contributed by atoms with E-state index in [1.807, 2.05) is 19.5 Å². The smallest absolute Gasteiger partial charge is 0.121 e. The zero-order valence-electron chi connectivity index (χ0n) is 10.2. The minimum Gasteiger partial charge on any atom is -0.384 e. The molecular formula is C13H15N5. The summed E-state index contributed by atoms with van der Waals surface area (Å²) in [5.41, 5.74) is 8.91. The van der Waals surface area contributed by atoms with Gasteiger partial charge in [-0.05, 0) is 12.1 Å². The molecule has 2 N–H and O–H groups in total. The topological polar surface area (TPSA) is 59.4 Å². The monoisotopic (exact) mass is 241 g/mol. The first kappa shape index (κ1) is 10.8. The van der Waals surface area contributed by atoms with Crippen molar-refractivity contribution in [3.63, 3.8) is 0 Å². The molecule has 0 atom stereocenters. The molecule has 0 amide bonds. The summed E-state index contributed by atoms with van der Waals surface area (Å²) in [6.07, 6.45) is 1.88. The Morgan fingerprint density at radius 3 is 2.56 bits per heavy atom. The molecule has 0 saturated carbocycles. The van der Waals surface area contributed by atoms with E-state index in [9.17, 15) is 0 Å². The van der Waals surface area contributed by atoms with E-state index < -0.39 is 0 Å². The average Bonchev–Trinajstić information content (AvgIpc) is 3.01. The third-order valence-electron chi connectivity index (χ3n) is 3.10. The van der Waals surface area contributed by atoms with E-state index in [0.29, 0.717) is 5.82 Å². The molecule has 0 spiro atoms. The minimum absolute atomic E-state index is 0.667. The van der Waals surface area contributed by atoms with Gasteiger partial charge >= 0.3 is 0 Å². The minimum atomic E-state index is 0.667. The highest BCUT2D eigenvalue weighted by molar-refractivity contribution is 5.81. The van der Waals surface area contributed by atoms with E-state index in [1.165, 1.54) is 0 Å². The van der Waals surface area contributed by atoms with Gasteiger partial charge in [-0.25, -0.2) is 0 Å². The normalized spacial score (nSPS) is 14.4. The second kappa shape index (κ2) is 4.18. The molecule has 0 radical (unpaired) electrons. The summed E-state index contributed by atoms with van der Waals surface area (Å²) in [4.78, 5) is 6.34. The molecule has 0 bridgehead atoms. The first-order chi connectivity index (χ1) is 8.74. The lowest BCUT2D eigenvalue weighted by Crippen LogP contribution is -2.17. The lowest BCUT2D eigenvalue weighted by molar-refractivity contribution is 0.782. The number of nitrogens with two attached hydrogens (primary N) is 1. The number of benzene rings is 1. The highest BCUT2D eigenvalue weighted by atomic mass is 15.3. The van der Waals surface area contributed by atoms with Crippen LogP contribution in [0.25, 0.3) is 11.3 Å². The fourth-order valence-electron chi connectivity index (χ4n) is 2.02. The number of hydrogen-bond donors (Lipinski definition) is 1.